The van der Waals surface area contributed by atoms with Crippen molar-refractivity contribution in [2.45, 2.75) is 13.5 Å². The minimum atomic E-state index is -0.395. The highest BCUT2D eigenvalue weighted by Crippen LogP contribution is 2.23. The van der Waals surface area contributed by atoms with Gasteiger partial charge in [0, 0.05) is 67.1 Å². The third kappa shape index (κ3) is 4.34. The van der Waals surface area contributed by atoms with Gasteiger partial charge in [-0.15, -0.1) is 0 Å². The van der Waals surface area contributed by atoms with Gasteiger partial charge in [-0.05, 0) is 36.4 Å². The van der Waals surface area contributed by atoms with Crippen molar-refractivity contribution in [3.05, 3.63) is 56.9 Å². The van der Waals surface area contributed by atoms with Crippen LogP contribution < -0.4 is 15.9 Å². The number of piperazine rings is 1. The van der Waals surface area contributed by atoms with Crippen LogP contribution in [-0.4, -0.2) is 54.7 Å². The van der Waals surface area contributed by atoms with E-state index in [0.717, 1.165) is 36.7 Å². The second kappa shape index (κ2) is 9.17. The maximum Gasteiger partial charge on any atom is 0.130 e. The van der Waals surface area contributed by atoms with Crippen LogP contribution in [0.4, 0.5) is 4.39 Å². The van der Waals surface area contributed by atoms with E-state index < -0.39 is 5.82 Å². The minimum absolute atomic E-state index is 0.309. The highest BCUT2D eigenvalue weighted by molar-refractivity contribution is 6.31. The number of hydrogen-bond donors (Lipinski definition) is 2. The third-order valence-electron chi connectivity index (χ3n) is 4.91. The van der Waals surface area contributed by atoms with Crippen LogP contribution in [-0.2, 0) is 6.54 Å². The van der Waals surface area contributed by atoms with Gasteiger partial charge in [0.2, 0.25) is 0 Å². The van der Waals surface area contributed by atoms with Gasteiger partial charge in [0.1, 0.15) is 11.7 Å². The first-order valence-electron chi connectivity index (χ1n) is 9.31. The number of aliphatic imine (C=N–C) groups is 1. The largest absolute Gasteiger partial charge is 0.354 e. The summed E-state index contributed by atoms with van der Waals surface area (Å²) >= 11 is 6.44. The normalized spacial score (nSPS) is 16.4. The quantitative estimate of drug-likeness (QED) is 0.606. The first-order valence-corrected chi connectivity index (χ1v) is 9.69. The summed E-state index contributed by atoms with van der Waals surface area (Å²) in [5.41, 5.74) is 0.924. The molecule has 0 radical (unpaired) electrons. The molecule has 0 aliphatic carbocycles. The molecule has 3 rings (SSSR count). The van der Waals surface area contributed by atoms with Gasteiger partial charge in [0.25, 0.3) is 0 Å². The van der Waals surface area contributed by atoms with Crippen molar-refractivity contribution in [3.63, 3.8) is 0 Å². The molecule has 1 aromatic heterocycles. The lowest BCUT2D eigenvalue weighted by Gasteiger charge is -2.29. The van der Waals surface area contributed by atoms with Crippen LogP contribution in [0.5, 0.6) is 0 Å². The summed E-state index contributed by atoms with van der Waals surface area (Å²) in [6.07, 6.45) is 7.53. The molecule has 1 aromatic carbocycles. The minimum Gasteiger partial charge on any atom is -0.354 e. The standard InChI is InChI=1S/C21H25ClFN5/c1-3-15-5-9-28(20(15)4-6-25-2)14-17-18(22)12-16(13-19(17)23)21(24)27-10-7-26-8-11-27/h3-6,9,12-13,24,26H,7-8,10-11,14H2,1-2H3/b15-3-,20-4+,24-21?,25-6+. The van der Waals surface area contributed by atoms with E-state index in [1.807, 2.05) is 40.8 Å². The van der Waals surface area contributed by atoms with Gasteiger partial charge >= 0.3 is 0 Å². The Bertz CT molecular complexity index is 979. The Morgan fingerprint density at radius 2 is 2.11 bits per heavy atom. The molecule has 2 N–H and O–H groups in total. The van der Waals surface area contributed by atoms with Crippen molar-refractivity contribution in [2.75, 3.05) is 33.2 Å². The smallest absolute Gasteiger partial charge is 0.130 e. The molecule has 0 unspecified atom stereocenters. The van der Waals surface area contributed by atoms with Gasteiger partial charge in [-0.3, -0.25) is 10.4 Å². The second-order valence-corrected chi connectivity index (χ2v) is 7.06. The summed E-state index contributed by atoms with van der Waals surface area (Å²) in [6.45, 7) is 5.38. The molecule has 1 aliphatic rings. The summed E-state index contributed by atoms with van der Waals surface area (Å²) in [5, 5.41) is 14.0. The van der Waals surface area contributed by atoms with Gasteiger partial charge < -0.3 is 14.8 Å². The van der Waals surface area contributed by atoms with Crippen molar-refractivity contribution in [3.8, 4) is 0 Å². The van der Waals surface area contributed by atoms with Gasteiger partial charge in [-0.25, -0.2) is 4.39 Å². The molecule has 1 fully saturated rings. The van der Waals surface area contributed by atoms with Crippen molar-refractivity contribution < 1.29 is 4.39 Å². The van der Waals surface area contributed by atoms with E-state index in [9.17, 15) is 4.39 Å². The third-order valence-corrected chi connectivity index (χ3v) is 5.25. The Balaban J connectivity index is 1.93. The van der Waals surface area contributed by atoms with E-state index in [2.05, 4.69) is 10.3 Å². The first-order chi connectivity index (χ1) is 13.5. The summed E-state index contributed by atoms with van der Waals surface area (Å²) < 4.78 is 16.9. The Kier molecular flexibility index (Phi) is 6.65. The maximum atomic E-state index is 14.9. The number of benzene rings is 1. The fourth-order valence-corrected chi connectivity index (χ4v) is 3.62. The number of amidine groups is 1. The predicted molar refractivity (Wildman–Crippen MR) is 114 cm³/mol. The Labute approximate surface area is 169 Å². The van der Waals surface area contributed by atoms with E-state index in [1.165, 1.54) is 6.07 Å². The number of aromatic nitrogens is 1. The summed E-state index contributed by atoms with van der Waals surface area (Å²) in [6, 6.07) is 5.09. The topological polar surface area (TPSA) is 56.4 Å². The van der Waals surface area contributed by atoms with Crippen molar-refractivity contribution >= 4 is 35.8 Å². The number of rotatable bonds is 4. The molecule has 148 valence electrons. The molecule has 5 nitrogen and oxygen atoms in total. The summed E-state index contributed by atoms with van der Waals surface area (Å²) in [5.74, 6) is -0.0842. The molecule has 2 heterocycles. The molecule has 7 heteroatoms. The van der Waals surface area contributed by atoms with Crippen molar-refractivity contribution in [1.82, 2.24) is 14.8 Å². The van der Waals surface area contributed by atoms with E-state index >= 15 is 0 Å². The molecule has 2 aromatic rings. The van der Waals surface area contributed by atoms with E-state index in [-0.39, 0.29) is 0 Å². The second-order valence-electron chi connectivity index (χ2n) is 6.65. The molecule has 0 atom stereocenters. The van der Waals surface area contributed by atoms with E-state index in [0.29, 0.717) is 28.5 Å². The van der Waals surface area contributed by atoms with Crippen molar-refractivity contribution in [2.24, 2.45) is 4.99 Å². The molecule has 1 saturated heterocycles. The zero-order valence-corrected chi connectivity index (χ0v) is 16.9. The first kappa shape index (κ1) is 20.3. The SMILES string of the molecule is C/C=c1/ccn(Cc2c(F)cc(C(=N)N3CCNCC3)cc2Cl)/c1=C/C=N/C. The fraction of sp³-hybridized carbons (Fsp3) is 0.333. The van der Waals surface area contributed by atoms with Gasteiger partial charge in [-0.2, -0.15) is 0 Å². The predicted octanol–water partition coefficient (Wildman–Crippen LogP) is 1.84. The average Bonchev–Trinajstić information content (AvgIpc) is 3.10. The Hall–Kier alpha value is -2.44. The molecule has 0 bridgehead atoms. The summed E-state index contributed by atoms with van der Waals surface area (Å²) in [4.78, 5) is 5.94. The fourth-order valence-electron chi connectivity index (χ4n) is 3.35. The average molecular weight is 402 g/mol. The Morgan fingerprint density at radius 3 is 2.75 bits per heavy atom. The lowest BCUT2D eigenvalue weighted by atomic mass is 10.1. The highest BCUT2D eigenvalue weighted by Gasteiger charge is 2.18. The maximum absolute atomic E-state index is 14.9. The summed E-state index contributed by atoms with van der Waals surface area (Å²) in [7, 11) is 1.71. The van der Waals surface area contributed by atoms with Crippen LogP contribution in [0.2, 0.25) is 5.02 Å². The van der Waals surface area contributed by atoms with Crippen LogP contribution >= 0.6 is 11.6 Å². The monoisotopic (exact) mass is 401 g/mol. The highest BCUT2D eigenvalue weighted by atomic mass is 35.5. The van der Waals surface area contributed by atoms with Crippen LogP contribution in [0.25, 0.3) is 12.2 Å². The number of hydrogen-bond acceptors (Lipinski definition) is 3. The van der Waals surface area contributed by atoms with Crippen LogP contribution in [0.3, 0.4) is 0 Å². The van der Waals surface area contributed by atoms with Gasteiger partial charge in [0.05, 0.1) is 6.54 Å². The van der Waals surface area contributed by atoms with Crippen LogP contribution in [0.15, 0.2) is 29.4 Å². The lowest BCUT2D eigenvalue weighted by Crippen LogP contribution is -2.46. The van der Waals surface area contributed by atoms with E-state index in [4.69, 9.17) is 17.0 Å². The molecular weight excluding hydrogens is 377 g/mol. The Morgan fingerprint density at radius 1 is 1.36 bits per heavy atom. The van der Waals surface area contributed by atoms with Gasteiger partial charge in [-0.1, -0.05) is 17.7 Å². The molecule has 1 aliphatic heterocycles. The molecule has 0 spiro atoms. The van der Waals surface area contributed by atoms with Crippen molar-refractivity contribution in [1.29, 1.82) is 5.41 Å². The zero-order chi connectivity index (χ0) is 20.1. The molecule has 0 saturated carbocycles. The van der Waals surface area contributed by atoms with E-state index in [1.54, 1.807) is 19.3 Å². The zero-order valence-electron chi connectivity index (χ0n) is 16.2. The van der Waals surface area contributed by atoms with Crippen LogP contribution in [0, 0.1) is 11.2 Å². The number of halogens is 2. The molecule has 28 heavy (non-hydrogen) atoms. The molecular formula is C21H25ClFN5. The van der Waals surface area contributed by atoms with Crippen LogP contribution in [0.1, 0.15) is 18.1 Å². The van der Waals surface area contributed by atoms with Gasteiger partial charge in [0.15, 0.2) is 0 Å². The number of nitrogens with zero attached hydrogens (tertiary/aromatic N) is 3. The lowest BCUT2D eigenvalue weighted by molar-refractivity contribution is 0.356. The number of nitrogens with one attached hydrogen (secondary N) is 2. The molecule has 0 amide bonds.